The van der Waals surface area contributed by atoms with E-state index in [4.69, 9.17) is 4.74 Å². The Kier molecular flexibility index (Phi) is 4.32. The Hall–Kier alpha value is -1.97. The van der Waals surface area contributed by atoms with E-state index in [9.17, 15) is 14.7 Å². The predicted molar refractivity (Wildman–Crippen MR) is 67.2 cm³/mol. The van der Waals surface area contributed by atoms with Gasteiger partial charge in [0.1, 0.15) is 18.9 Å². The number of aliphatic hydroxyl groups is 1. The molecule has 20 heavy (non-hydrogen) atoms. The number of aliphatic hydroxyl groups excluding tert-OH is 1. The van der Waals surface area contributed by atoms with Crippen molar-refractivity contribution in [3.8, 4) is 0 Å². The summed E-state index contributed by atoms with van der Waals surface area (Å²) in [6.07, 6.45) is -0.586. The first kappa shape index (κ1) is 14.4. The molecule has 0 unspecified atom stereocenters. The lowest BCUT2D eigenvalue weighted by atomic mass is 10.2. The molecule has 1 saturated heterocycles. The van der Waals surface area contributed by atoms with E-state index in [0.29, 0.717) is 5.56 Å². The van der Waals surface area contributed by atoms with Crippen LogP contribution in [0.3, 0.4) is 0 Å². The maximum absolute atomic E-state index is 11.7. The van der Waals surface area contributed by atoms with E-state index < -0.39 is 29.7 Å². The Labute approximate surface area is 113 Å². The van der Waals surface area contributed by atoms with Gasteiger partial charge >= 0.3 is 5.69 Å². The highest BCUT2D eigenvalue weighted by Gasteiger charge is 2.36. The first-order valence-corrected chi connectivity index (χ1v) is 5.93. The van der Waals surface area contributed by atoms with Gasteiger partial charge in [0.2, 0.25) is 0 Å². The number of hydrogen-bond acceptors (Lipinski definition) is 7. The molecule has 0 saturated carbocycles. The third-order valence-corrected chi connectivity index (χ3v) is 3.00. The summed E-state index contributed by atoms with van der Waals surface area (Å²) in [4.78, 5) is 34.1. The Morgan fingerprint density at radius 1 is 1.65 bits per heavy atom. The molecule has 0 radical (unpaired) electrons. The minimum absolute atomic E-state index is 0.0617. The molecule has 1 fully saturated rings. The average Bonchev–Trinajstić information content (AvgIpc) is 2.76. The molecule has 0 spiro atoms. The van der Waals surface area contributed by atoms with Gasteiger partial charge in [-0.05, 0) is 6.92 Å². The van der Waals surface area contributed by atoms with Crippen molar-refractivity contribution in [1.82, 2.24) is 9.55 Å². The summed E-state index contributed by atoms with van der Waals surface area (Å²) in [7, 11) is 0. The molecule has 0 aliphatic carbocycles. The normalized spacial score (nSPS) is 25.6. The van der Waals surface area contributed by atoms with Gasteiger partial charge in [-0.15, -0.1) is 0 Å². The van der Waals surface area contributed by atoms with Crippen LogP contribution in [0.4, 0.5) is 0 Å². The summed E-state index contributed by atoms with van der Waals surface area (Å²) in [6, 6.07) is 0. The van der Waals surface area contributed by atoms with Crippen LogP contribution in [0.1, 0.15) is 18.2 Å². The number of aryl methyl sites for hydroxylation is 1. The summed E-state index contributed by atoms with van der Waals surface area (Å²) in [6.45, 7) is 4.57. The minimum atomic E-state index is -0.826. The van der Waals surface area contributed by atoms with Gasteiger partial charge in [-0.1, -0.05) is 5.16 Å². The zero-order valence-electron chi connectivity index (χ0n) is 10.8. The zero-order valence-corrected chi connectivity index (χ0v) is 10.8. The highest BCUT2D eigenvalue weighted by Crippen LogP contribution is 2.27. The SMILES string of the molecule is C=NOOC[C@H]1O[C@@H](n2cc(C)c(=O)[nH]c2=O)C[C@@H]1O. The first-order valence-electron chi connectivity index (χ1n) is 5.93. The van der Waals surface area contributed by atoms with E-state index >= 15 is 0 Å². The average molecular weight is 285 g/mol. The second-order valence-corrected chi connectivity index (χ2v) is 4.40. The number of rotatable bonds is 5. The Balaban J connectivity index is 2.12. The van der Waals surface area contributed by atoms with Gasteiger partial charge in [0.15, 0.2) is 0 Å². The fraction of sp³-hybridized carbons (Fsp3) is 0.545. The van der Waals surface area contributed by atoms with Crippen molar-refractivity contribution in [1.29, 1.82) is 0 Å². The van der Waals surface area contributed by atoms with Gasteiger partial charge < -0.3 is 9.84 Å². The van der Waals surface area contributed by atoms with Crippen LogP contribution in [0, 0.1) is 6.92 Å². The van der Waals surface area contributed by atoms with Crippen LogP contribution in [0.2, 0.25) is 0 Å². The van der Waals surface area contributed by atoms with Gasteiger partial charge in [-0.3, -0.25) is 14.3 Å². The largest absolute Gasteiger partial charge is 0.390 e. The lowest BCUT2D eigenvalue weighted by molar-refractivity contribution is -0.310. The molecule has 9 heteroatoms. The van der Waals surface area contributed by atoms with Crippen LogP contribution in [0.15, 0.2) is 20.9 Å². The van der Waals surface area contributed by atoms with Crippen LogP contribution in [-0.2, 0) is 14.6 Å². The van der Waals surface area contributed by atoms with Crippen LogP contribution in [-0.4, -0.2) is 40.2 Å². The molecule has 1 aromatic heterocycles. The van der Waals surface area contributed by atoms with Crippen LogP contribution in [0.5, 0.6) is 0 Å². The molecule has 0 aromatic carbocycles. The van der Waals surface area contributed by atoms with E-state index in [1.54, 1.807) is 6.92 Å². The maximum Gasteiger partial charge on any atom is 0.330 e. The highest BCUT2D eigenvalue weighted by molar-refractivity contribution is 5.21. The molecule has 2 N–H and O–H groups in total. The number of nitrogens with one attached hydrogen (secondary N) is 1. The zero-order chi connectivity index (χ0) is 14.7. The number of ether oxygens (including phenoxy) is 1. The van der Waals surface area contributed by atoms with Crippen molar-refractivity contribution in [2.45, 2.75) is 31.8 Å². The molecule has 2 heterocycles. The van der Waals surface area contributed by atoms with Gasteiger partial charge in [0, 0.05) is 24.9 Å². The van der Waals surface area contributed by atoms with Crippen LogP contribution in [0.25, 0.3) is 0 Å². The van der Waals surface area contributed by atoms with Gasteiger partial charge in [-0.2, -0.15) is 4.89 Å². The summed E-state index contributed by atoms with van der Waals surface area (Å²) < 4.78 is 6.73. The standard InChI is InChI=1S/C11H15N3O6/c1-6-4-14(11(17)13-10(6)16)9-3-7(15)8(19-9)5-18-20-12-2/h4,7-9,15H,2-3,5H2,1H3,(H,13,16,17)/t7-,8+,9+/m0/s1. The summed E-state index contributed by atoms with van der Waals surface area (Å²) in [5.41, 5.74) is -0.667. The fourth-order valence-electron chi connectivity index (χ4n) is 1.97. The summed E-state index contributed by atoms with van der Waals surface area (Å²) >= 11 is 0. The molecular weight excluding hydrogens is 270 g/mol. The Morgan fingerprint density at radius 3 is 3.10 bits per heavy atom. The first-order chi connectivity index (χ1) is 9.52. The van der Waals surface area contributed by atoms with Crippen molar-refractivity contribution in [2.24, 2.45) is 5.16 Å². The van der Waals surface area contributed by atoms with E-state index in [1.165, 1.54) is 10.8 Å². The van der Waals surface area contributed by atoms with Crippen molar-refractivity contribution in [3.63, 3.8) is 0 Å². The smallest absolute Gasteiger partial charge is 0.330 e. The topological polar surface area (TPSA) is 115 Å². The minimum Gasteiger partial charge on any atom is -0.390 e. The monoisotopic (exact) mass is 285 g/mol. The molecule has 3 atom stereocenters. The number of aromatic amines is 1. The van der Waals surface area contributed by atoms with Crippen molar-refractivity contribution < 1.29 is 19.7 Å². The number of H-pyrrole nitrogens is 1. The van der Waals surface area contributed by atoms with Gasteiger partial charge in [-0.25, -0.2) is 9.78 Å². The second-order valence-electron chi connectivity index (χ2n) is 4.40. The fourth-order valence-corrected chi connectivity index (χ4v) is 1.97. The number of aromatic nitrogens is 2. The van der Waals surface area contributed by atoms with Crippen molar-refractivity contribution in [2.75, 3.05) is 6.61 Å². The van der Waals surface area contributed by atoms with Crippen molar-refractivity contribution >= 4 is 6.72 Å². The molecule has 110 valence electrons. The molecule has 9 nitrogen and oxygen atoms in total. The Bertz CT molecular complexity index is 595. The van der Waals surface area contributed by atoms with Gasteiger partial charge in [0.25, 0.3) is 5.56 Å². The molecule has 1 aliphatic heterocycles. The highest BCUT2D eigenvalue weighted by atomic mass is 17.3. The lowest BCUT2D eigenvalue weighted by Crippen LogP contribution is -2.33. The maximum atomic E-state index is 11.7. The van der Waals surface area contributed by atoms with Crippen LogP contribution < -0.4 is 11.2 Å². The van der Waals surface area contributed by atoms with E-state index in [2.05, 4.69) is 26.7 Å². The quantitative estimate of drug-likeness (QED) is 0.312. The molecule has 0 bridgehead atoms. The summed E-state index contributed by atoms with van der Waals surface area (Å²) in [5, 5.41) is 12.9. The van der Waals surface area contributed by atoms with Crippen molar-refractivity contribution in [3.05, 3.63) is 32.6 Å². The number of hydrogen-bond donors (Lipinski definition) is 2. The Morgan fingerprint density at radius 2 is 2.40 bits per heavy atom. The number of oxime groups is 1. The third kappa shape index (κ3) is 2.95. The van der Waals surface area contributed by atoms with E-state index in [-0.39, 0.29) is 13.0 Å². The van der Waals surface area contributed by atoms with E-state index in [1.807, 2.05) is 0 Å². The second kappa shape index (κ2) is 5.99. The van der Waals surface area contributed by atoms with E-state index in [0.717, 1.165) is 0 Å². The van der Waals surface area contributed by atoms with Crippen LogP contribution >= 0.6 is 0 Å². The summed E-state index contributed by atoms with van der Waals surface area (Å²) in [5.74, 6) is 0. The molecule has 2 rings (SSSR count). The molecule has 1 aliphatic rings. The lowest BCUT2D eigenvalue weighted by Gasteiger charge is -2.15. The van der Waals surface area contributed by atoms with Gasteiger partial charge in [0.05, 0.1) is 6.10 Å². The predicted octanol–water partition coefficient (Wildman–Crippen LogP) is -0.943. The molecule has 0 amide bonds. The number of nitrogens with zero attached hydrogens (tertiary/aromatic N) is 2. The molecular formula is C11H15N3O6. The third-order valence-electron chi connectivity index (χ3n) is 3.00. The molecule has 1 aromatic rings.